The van der Waals surface area contributed by atoms with Gasteiger partial charge in [-0.15, -0.1) is 0 Å². The number of ether oxygens (including phenoxy) is 2. The van der Waals surface area contributed by atoms with Crippen LogP contribution in [0.25, 0.3) is 22.2 Å². The highest BCUT2D eigenvalue weighted by atomic mass is 35.5. The number of hydrogen-bond acceptors (Lipinski definition) is 5. The van der Waals surface area contributed by atoms with Crippen LogP contribution in [-0.4, -0.2) is 35.5 Å². The predicted octanol–water partition coefficient (Wildman–Crippen LogP) is 4.37. The summed E-state index contributed by atoms with van der Waals surface area (Å²) in [4.78, 5) is 30.7. The van der Waals surface area contributed by atoms with Gasteiger partial charge in [-0.25, -0.2) is 4.98 Å². The van der Waals surface area contributed by atoms with Crippen LogP contribution in [0.2, 0.25) is 5.02 Å². The first-order valence-corrected chi connectivity index (χ1v) is 10.2. The molecule has 0 aliphatic rings. The fourth-order valence-electron chi connectivity index (χ4n) is 3.16. The quantitative estimate of drug-likeness (QED) is 0.409. The summed E-state index contributed by atoms with van der Waals surface area (Å²) in [7, 11) is 1.26. The number of amides is 1. The van der Waals surface area contributed by atoms with Gasteiger partial charge in [0.1, 0.15) is 18.9 Å². The maximum Gasteiger partial charge on any atom is 0.325 e. The van der Waals surface area contributed by atoms with Gasteiger partial charge in [-0.3, -0.25) is 9.59 Å². The summed E-state index contributed by atoms with van der Waals surface area (Å²) < 4.78 is 10.4. The Kier molecular flexibility index (Phi) is 6.37. The van der Waals surface area contributed by atoms with Crippen molar-refractivity contribution in [1.82, 2.24) is 15.3 Å². The Labute approximate surface area is 189 Å². The molecular formula is C24H20ClN3O4. The zero-order chi connectivity index (χ0) is 22.5. The van der Waals surface area contributed by atoms with E-state index in [4.69, 9.17) is 16.3 Å². The predicted molar refractivity (Wildman–Crippen MR) is 122 cm³/mol. The number of aromatic amines is 1. The minimum absolute atomic E-state index is 0.125. The molecule has 0 saturated heterocycles. The molecule has 0 saturated carbocycles. The molecule has 7 nitrogen and oxygen atoms in total. The molecule has 0 spiro atoms. The summed E-state index contributed by atoms with van der Waals surface area (Å²) in [6, 6.07) is 21.0. The first kappa shape index (κ1) is 21.4. The van der Waals surface area contributed by atoms with E-state index in [0.717, 1.165) is 22.4 Å². The van der Waals surface area contributed by atoms with Crippen LogP contribution in [0, 0.1) is 0 Å². The lowest BCUT2D eigenvalue weighted by Crippen LogP contribution is -2.30. The van der Waals surface area contributed by atoms with E-state index in [0.29, 0.717) is 22.7 Å². The highest BCUT2D eigenvalue weighted by Crippen LogP contribution is 2.27. The van der Waals surface area contributed by atoms with E-state index in [9.17, 15) is 9.59 Å². The number of imidazole rings is 1. The number of methoxy groups -OCH3 is 1. The second kappa shape index (κ2) is 9.53. The first-order chi connectivity index (χ1) is 15.5. The standard InChI is InChI=1S/C24H20ClN3O4/c1-31-22(29)13-26-24(30)23-27-20-9-8-17(12-21(20)28-23)16-5-3-7-19(11-16)32-14-15-4-2-6-18(25)10-15/h2-12H,13-14H2,1H3,(H,26,30)(H,27,28). The molecule has 1 amide bonds. The van der Waals surface area contributed by atoms with E-state index in [1.54, 1.807) is 0 Å². The zero-order valence-corrected chi connectivity index (χ0v) is 18.0. The number of nitrogens with zero attached hydrogens (tertiary/aromatic N) is 1. The molecule has 4 rings (SSSR count). The topological polar surface area (TPSA) is 93.3 Å². The number of H-pyrrole nitrogens is 1. The van der Waals surface area contributed by atoms with Crippen LogP contribution in [0.3, 0.4) is 0 Å². The highest BCUT2D eigenvalue weighted by Gasteiger charge is 2.13. The van der Waals surface area contributed by atoms with Crippen LogP contribution in [0.5, 0.6) is 5.75 Å². The molecule has 0 radical (unpaired) electrons. The van der Waals surface area contributed by atoms with E-state index < -0.39 is 11.9 Å². The van der Waals surface area contributed by atoms with Crippen LogP contribution in [0.1, 0.15) is 16.2 Å². The molecule has 4 aromatic rings. The number of benzene rings is 3. The average Bonchev–Trinajstić information content (AvgIpc) is 3.25. The van der Waals surface area contributed by atoms with Crippen molar-refractivity contribution in [3.63, 3.8) is 0 Å². The zero-order valence-electron chi connectivity index (χ0n) is 17.2. The molecule has 0 bridgehead atoms. The second-order valence-corrected chi connectivity index (χ2v) is 7.46. The number of carbonyl (C=O) groups is 2. The van der Waals surface area contributed by atoms with Gasteiger partial charge in [-0.2, -0.15) is 0 Å². The van der Waals surface area contributed by atoms with Gasteiger partial charge in [-0.1, -0.05) is 41.9 Å². The Bertz CT molecular complexity index is 1290. The van der Waals surface area contributed by atoms with Gasteiger partial charge in [0.05, 0.1) is 18.1 Å². The Hall–Kier alpha value is -3.84. The van der Waals surface area contributed by atoms with Crippen LogP contribution in [-0.2, 0) is 16.1 Å². The lowest BCUT2D eigenvalue weighted by molar-refractivity contribution is -0.139. The molecule has 0 aliphatic carbocycles. The van der Waals surface area contributed by atoms with E-state index in [-0.39, 0.29) is 12.4 Å². The van der Waals surface area contributed by atoms with E-state index >= 15 is 0 Å². The minimum atomic E-state index is -0.533. The van der Waals surface area contributed by atoms with Crippen molar-refractivity contribution in [1.29, 1.82) is 0 Å². The van der Waals surface area contributed by atoms with Crippen LogP contribution in [0.4, 0.5) is 0 Å². The summed E-state index contributed by atoms with van der Waals surface area (Å²) >= 11 is 6.03. The van der Waals surface area contributed by atoms with Crippen LogP contribution >= 0.6 is 11.6 Å². The third kappa shape index (κ3) is 5.07. The van der Waals surface area contributed by atoms with E-state index in [2.05, 4.69) is 20.0 Å². The molecule has 0 atom stereocenters. The molecule has 8 heteroatoms. The number of carbonyl (C=O) groups excluding carboxylic acids is 2. The third-order valence-corrected chi connectivity index (χ3v) is 5.02. The number of esters is 1. The molecule has 0 aliphatic heterocycles. The SMILES string of the molecule is COC(=O)CNC(=O)c1nc2cc(-c3cccc(OCc4cccc(Cl)c4)c3)ccc2[nH]1. The molecule has 0 fully saturated rings. The van der Waals surface area contributed by atoms with Crippen LogP contribution < -0.4 is 10.1 Å². The molecule has 1 heterocycles. The van der Waals surface area contributed by atoms with Crippen molar-refractivity contribution >= 4 is 34.5 Å². The fourth-order valence-corrected chi connectivity index (χ4v) is 3.37. The van der Waals surface area contributed by atoms with Gasteiger partial charge in [-0.05, 0) is 53.1 Å². The van der Waals surface area contributed by atoms with Crippen molar-refractivity contribution in [3.05, 3.63) is 83.1 Å². The van der Waals surface area contributed by atoms with E-state index in [1.807, 2.05) is 66.7 Å². The molecular weight excluding hydrogens is 430 g/mol. The normalized spacial score (nSPS) is 10.7. The van der Waals surface area contributed by atoms with Crippen molar-refractivity contribution < 1.29 is 19.1 Å². The number of fused-ring (bicyclic) bond motifs is 1. The second-order valence-electron chi connectivity index (χ2n) is 7.02. The number of nitrogens with one attached hydrogen (secondary N) is 2. The number of aromatic nitrogens is 2. The fraction of sp³-hybridized carbons (Fsp3) is 0.125. The molecule has 2 N–H and O–H groups in total. The van der Waals surface area contributed by atoms with Crippen molar-refractivity contribution in [2.24, 2.45) is 0 Å². The average molecular weight is 450 g/mol. The summed E-state index contributed by atoms with van der Waals surface area (Å²) in [5.41, 5.74) is 4.22. The third-order valence-electron chi connectivity index (χ3n) is 4.78. The number of hydrogen-bond donors (Lipinski definition) is 2. The van der Waals surface area contributed by atoms with Gasteiger partial charge < -0.3 is 19.8 Å². The monoisotopic (exact) mass is 449 g/mol. The molecule has 32 heavy (non-hydrogen) atoms. The van der Waals surface area contributed by atoms with E-state index in [1.165, 1.54) is 7.11 Å². The molecule has 0 unspecified atom stereocenters. The number of rotatable bonds is 7. The van der Waals surface area contributed by atoms with Crippen LogP contribution in [0.15, 0.2) is 66.7 Å². The molecule has 162 valence electrons. The lowest BCUT2D eigenvalue weighted by atomic mass is 10.0. The van der Waals surface area contributed by atoms with Gasteiger partial charge in [0, 0.05) is 5.02 Å². The molecule has 3 aromatic carbocycles. The Morgan fingerprint density at radius 2 is 1.84 bits per heavy atom. The van der Waals surface area contributed by atoms with Crippen molar-refractivity contribution in [2.75, 3.05) is 13.7 Å². The van der Waals surface area contributed by atoms with Gasteiger partial charge in [0.2, 0.25) is 0 Å². The van der Waals surface area contributed by atoms with Crippen molar-refractivity contribution in [2.45, 2.75) is 6.61 Å². The van der Waals surface area contributed by atoms with Crippen molar-refractivity contribution in [3.8, 4) is 16.9 Å². The van der Waals surface area contributed by atoms with Gasteiger partial charge >= 0.3 is 5.97 Å². The maximum absolute atomic E-state index is 12.2. The smallest absolute Gasteiger partial charge is 0.325 e. The lowest BCUT2D eigenvalue weighted by Gasteiger charge is -2.09. The Balaban J connectivity index is 1.50. The largest absolute Gasteiger partial charge is 0.489 e. The highest BCUT2D eigenvalue weighted by molar-refractivity contribution is 6.30. The van der Waals surface area contributed by atoms with Gasteiger partial charge in [0.25, 0.3) is 5.91 Å². The Morgan fingerprint density at radius 3 is 2.66 bits per heavy atom. The maximum atomic E-state index is 12.2. The first-order valence-electron chi connectivity index (χ1n) is 9.84. The summed E-state index contributed by atoms with van der Waals surface area (Å²) in [5, 5.41) is 3.14. The Morgan fingerprint density at radius 1 is 1.03 bits per heavy atom. The minimum Gasteiger partial charge on any atom is -0.489 e. The summed E-state index contributed by atoms with van der Waals surface area (Å²) in [6.45, 7) is 0.187. The summed E-state index contributed by atoms with van der Waals surface area (Å²) in [6.07, 6.45) is 0. The summed E-state index contributed by atoms with van der Waals surface area (Å²) in [5.74, 6) is -0.161. The molecule has 1 aromatic heterocycles. The van der Waals surface area contributed by atoms with Gasteiger partial charge in [0.15, 0.2) is 5.82 Å². The number of halogens is 1.